The molecule has 0 amide bonds. The van der Waals surface area contributed by atoms with Crippen molar-refractivity contribution < 1.29 is 29.9 Å². The predicted octanol–water partition coefficient (Wildman–Crippen LogP) is -1.89. The molecule has 4 N–H and O–H groups in total. The van der Waals surface area contributed by atoms with Gasteiger partial charge in [0, 0.05) is 11.5 Å². The minimum atomic E-state index is -1.47. The summed E-state index contributed by atoms with van der Waals surface area (Å²) in [5, 5.41) is 40.5. The van der Waals surface area contributed by atoms with Crippen LogP contribution in [0.25, 0.3) is 10.4 Å². The van der Waals surface area contributed by atoms with Gasteiger partial charge in [-0.1, -0.05) is 5.11 Å². The molecule has 1 aliphatic rings. The first-order valence-corrected chi connectivity index (χ1v) is 5.04. The third-order valence-corrected chi connectivity index (χ3v) is 2.39. The molecule has 0 aliphatic carbocycles. The normalized spacial score (nSPS) is 37.5. The van der Waals surface area contributed by atoms with Crippen LogP contribution in [-0.2, 0) is 9.47 Å². The van der Waals surface area contributed by atoms with Crippen molar-refractivity contribution in [1.29, 1.82) is 0 Å². The van der Waals surface area contributed by atoms with Crippen LogP contribution >= 0.6 is 0 Å². The first-order valence-electron chi connectivity index (χ1n) is 5.04. The molecular weight excluding hydrogens is 234 g/mol. The average molecular weight is 249 g/mol. The molecule has 1 heterocycles. The molecule has 0 aromatic heterocycles. The molecule has 1 fully saturated rings. The van der Waals surface area contributed by atoms with E-state index in [1.807, 2.05) is 0 Å². The summed E-state index contributed by atoms with van der Waals surface area (Å²) in [6.45, 7) is -0.473. The second-order valence-electron chi connectivity index (χ2n) is 3.52. The largest absolute Gasteiger partial charge is 0.394 e. The molecule has 1 rings (SSSR count). The summed E-state index contributed by atoms with van der Waals surface area (Å²) < 4.78 is 10.1. The Labute approximate surface area is 96.8 Å². The molecule has 0 saturated carbocycles. The monoisotopic (exact) mass is 249 g/mol. The van der Waals surface area contributed by atoms with E-state index in [1.165, 1.54) is 0 Å². The fraction of sp³-hybridized carbons (Fsp3) is 1.00. The highest BCUT2D eigenvalue weighted by Crippen LogP contribution is 2.21. The van der Waals surface area contributed by atoms with Gasteiger partial charge in [0.1, 0.15) is 24.4 Å². The van der Waals surface area contributed by atoms with Gasteiger partial charge in [-0.2, -0.15) is 0 Å². The van der Waals surface area contributed by atoms with Gasteiger partial charge in [-0.25, -0.2) is 0 Å². The number of ether oxygens (including phenoxy) is 2. The topological polar surface area (TPSA) is 148 Å². The van der Waals surface area contributed by atoms with Gasteiger partial charge < -0.3 is 29.9 Å². The summed E-state index contributed by atoms with van der Waals surface area (Å²) in [4.78, 5) is 2.51. The molecule has 0 spiro atoms. The Morgan fingerprint density at radius 1 is 1.24 bits per heavy atom. The fourth-order valence-corrected chi connectivity index (χ4v) is 1.46. The van der Waals surface area contributed by atoms with E-state index in [2.05, 4.69) is 10.0 Å². The zero-order valence-corrected chi connectivity index (χ0v) is 8.96. The smallest absolute Gasteiger partial charge is 0.186 e. The molecule has 0 aromatic carbocycles. The second-order valence-corrected chi connectivity index (χ2v) is 3.52. The van der Waals surface area contributed by atoms with Gasteiger partial charge >= 0.3 is 0 Å². The number of azide groups is 1. The van der Waals surface area contributed by atoms with Crippen LogP contribution in [0.15, 0.2) is 5.11 Å². The van der Waals surface area contributed by atoms with Crippen molar-refractivity contribution >= 4 is 0 Å². The molecule has 9 nitrogen and oxygen atoms in total. The maximum atomic E-state index is 9.53. The van der Waals surface area contributed by atoms with E-state index in [-0.39, 0.29) is 13.2 Å². The molecule has 9 heteroatoms. The van der Waals surface area contributed by atoms with Crippen LogP contribution in [0.3, 0.4) is 0 Å². The molecule has 1 aliphatic heterocycles. The van der Waals surface area contributed by atoms with E-state index < -0.39 is 37.3 Å². The minimum Gasteiger partial charge on any atom is -0.394 e. The van der Waals surface area contributed by atoms with Crippen LogP contribution in [0.2, 0.25) is 0 Å². The number of aliphatic hydroxyl groups excluding tert-OH is 4. The summed E-state index contributed by atoms with van der Waals surface area (Å²) in [6.07, 6.45) is -6.49. The van der Waals surface area contributed by atoms with E-state index in [9.17, 15) is 15.3 Å². The fourth-order valence-electron chi connectivity index (χ4n) is 1.46. The van der Waals surface area contributed by atoms with Crippen LogP contribution in [0, 0.1) is 0 Å². The SMILES string of the molecule is [N-]=[N+]=NCCO[C@@H]1O[C@H](CO)[C@@H](O)[C@H](O)[C@@H]1O. The number of nitrogens with zero attached hydrogens (tertiary/aromatic N) is 3. The third-order valence-electron chi connectivity index (χ3n) is 2.39. The van der Waals surface area contributed by atoms with Crippen molar-refractivity contribution in [3.63, 3.8) is 0 Å². The van der Waals surface area contributed by atoms with Crippen LogP contribution in [0.5, 0.6) is 0 Å². The zero-order valence-electron chi connectivity index (χ0n) is 8.96. The Hall–Kier alpha value is -0.930. The van der Waals surface area contributed by atoms with E-state index in [0.29, 0.717) is 0 Å². The van der Waals surface area contributed by atoms with Gasteiger partial charge in [-0.05, 0) is 5.53 Å². The first-order chi connectivity index (χ1) is 8.11. The van der Waals surface area contributed by atoms with E-state index in [1.54, 1.807) is 0 Å². The van der Waals surface area contributed by atoms with Gasteiger partial charge in [0.25, 0.3) is 0 Å². The van der Waals surface area contributed by atoms with Gasteiger partial charge in [0.15, 0.2) is 6.29 Å². The molecule has 0 unspecified atom stereocenters. The summed E-state index contributed by atoms with van der Waals surface area (Å²) in [6, 6.07) is 0. The van der Waals surface area contributed by atoms with E-state index >= 15 is 0 Å². The van der Waals surface area contributed by atoms with Crippen molar-refractivity contribution in [2.24, 2.45) is 5.11 Å². The third kappa shape index (κ3) is 3.51. The summed E-state index contributed by atoms with van der Waals surface area (Å²) in [5.74, 6) is 0. The van der Waals surface area contributed by atoms with Gasteiger partial charge in [-0.3, -0.25) is 0 Å². The van der Waals surface area contributed by atoms with Gasteiger partial charge in [0.2, 0.25) is 0 Å². The Kier molecular flexibility index (Phi) is 5.59. The van der Waals surface area contributed by atoms with Crippen LogP contribution in [0.4, 0.5) is 0 Å². The van der Waals surface area contributed by atoms with Gasteiger partial charge in [-0.15, -0.1) is 0 Å². The standard InChI is InChI=1S/C8H15N3O6/c9-11-10-1-2-16-8-7(15)6(14)5(13)4(3-12)17-8/h4-8,12-15H,1-3H2/t4-,5-,6+,7+,8-/m1/s1. The van der Waals surface area contributed by atoms with Crippen LogP contribution < -0.4 is 0 Å². The number of hydrogen-bond donors (Lipinski definition) is 4. The molecule has 1 saturated heterocycles. The lowest BCUT2D eigenvalue weighted by Gasteiger charge is -2.39. The van der Waals surface area contributed by atoms with Crippen LogP contribution in [-0.4, -0.2) is 70.9 Å². The Morgan fingerprint density at radius 2 is 1.94 bits per heavy atom. The number of aliphatic hydroxyl groups is 4. The Morgan fingerprint density at radius 3 is 2.53 bits per heavy atom. The van der Waals surface area contributed by atoms with Crippen molar-refractivity contribution in [3.8, 4) is 0 Å². The molecule has 17 heavy (non-hydrogen) atoms. The molecule has 98 valence electrons. The number of rotatable bonds is 5. The minimum absolute atomic E-state index is 0.00719. The highest BCUT2D eigenvalue weighted by molar-refractivity contribution is 4.88. The van der Waals surface area contributed by atoms with Gasteiger partial charge in [0.05, 0.1) is 13.2 Å². The van der Waals surface area contributed by atoms with Crippen molar-refractivity contribution in [1.82, 2.24) is 0 Å². The summed E-state index contributed by atoms with van der Waals surface area (Å²) in [7, 11) is 0. The highest BCUT2D eigenvalue weighted by atomic mass is 16.7. The lowest BCUT2D eigenvalue weighted by Crippen LogP contribution is -2.59. The van der Waals surface area contributed by atoms with E-state index in [4.69, 9.17) is 20.1 Å². The predicted molar refractivity (Wildman–Crippen MR) is 53.7 cm³/mol. The number of hydrogen-bond acceptors (Lipinski definition) is 7. The zero-order chi connectivity index (χ0) is 12.8. The maximum Gasteiger partial charge on any atom is 0.186 e. The molecule has 5 atom stereocenters. The average Bonchev–Trinajstić information content (AvgIpc) is 2.34. The molecule has 0 radical (unpaired) electrons. The van der Waals surface area contributed by atoms with E-state index in [0.717, 1.165) is 0 Å². The Bertz CT molecular complexity index is 282. The lowest BCUT2D eigenvalue weighted by molar-refractivity contribution is -0.300. The van der Waals surface area contributed by atoms with Crippen molar-refractivity contribution in [3.05, 3.63) is 10.4 Å². The first kappa shape index (κ1) is 14.1. The van der Waals surface area contributed by atoms with Crippen molar-refractivity contribution in [2.45, 2.75) is 30.7 Å². The molecule has 0 bridgehead atoms. The van der Waals surface area contributed by atoms with Crippen molar-refractivity contribution in [2.75, 3.05) is 19.8 Å². The summed E-state index contributed by atoms with van der Waals surface area (Å²) >= 11 is 0. The summed E-state index contributed by atoms with van der Waals surface area (Å²) in [5.41, 5.74) is 8.03. The molecular formula is C8H15N3O6. The second kappa shape index (κ2) is 6.72. The highest BCUT2D eigenvalue weighted by Gasteiger charge is 2.43. The molecule has 0 aromatic rings. The quantitative estimate of drug-likeness (QED) is 0.194. The Balaban J connectivity index is 2.50. The maximum absolute atomic E-state index is 9.53. The lowest BCUT2D eigenvalue weighted by atomic mass is 9.99. The van der Waals surface area contributed by atoms with Crippen LogP contribution in [0.1, 0.15) is 0 Å².